The van der Waals surface area contributed by atoms with Crippen LogP contribution in [0.5, 0.6) is 11.5 Å². The minimum Gasteiger partial charge on any atom is -0.493 e. The Labute approximate surface area is 175 Å². The lowest BCUT2D eigenvalue weighted by atomic mass is 9.75. The highest BCUT2D eigenvalue weighted by molar-refractivity contribution is 6.43. The van der Waals surface area contributed by atoms with E-state index in [-0.39, 0.29) is 42.0 Å². The number of amides is 1. The summed E-state index contributed by atoms with van der Waals surface area (Å²) in [5, 5.41) is 37.2. The summed E-state index contributed by atoms with van der Waals surface area (Å²) < 4.78 is 15.8. The number of carbonyl (C=O) groups is 1. The van der Waals surface area contributed by atoms with Crippen LogP contribution >= 0.6 is 0 Å². The molecule has 1 amide bonds. The number of fused-ring (bicyclic) bond motifs is 2. The molecule has 31 heavy (non-hydrogen) atoms. The number of methoxy groups -OCH3 is 2. The molecule has 2 heterocycles. The van der Waals surface area contributed by atoms with Gasteiger partial charge in [-0.15, -0.1) is 0 Å². The van der Waals surface area contributed by atoms with Gasteiger partial charge in [0.15, 0.2) is 17.4 Å². The number of carbonyl (C=O) groups excluding carboxylic acids is 1. The van der Waals surface area contributed by atoms with E-state index in [9.17, 15) is 24.9 Å². The van der Waals surface area contributed by atoms with E-state index in [0.717, 1.165) is 0 Å². The lowest BCUT2D eigenvalue weighted by molar-refractivity contribution is -0.210. The number of nitrogens with zero attached hydrogens (tertiary/aromatic N) is 1. The maximum Gasteiger partial charge on any atom is 0.360 e. The molecule has 1 saturated carbocycles. The Balaban J connectivity index is 1.60. The second kappa shape index (κ2) is 7.84. The van der Waals surface area contributed by atoms with Crippen LogP contribution in [0.25, 0.3) is 11.0 Å². The summed E-state index contributed by atoms with van der Waals surface area (Å²) in [6.07, 6.45) is -3.48. The van der Waals surface area contributed by atoms with Crippen LogP contribution in [0.2, 0.25) is 0 Å². The van der Waals surface area contributed by atoms with Gasteiger partial charge in [-0.2, -0.15) is 0 Å². The number of aliphatic hydroxyl groups excluding tert-OH is 2. The quantitative estimate of drug-likeness (QED) is 0.491. The predicted molar refractivity (Wildman–Crippen MR) is 107 cm³/mol. The van der Waals surface area contributed by atoms with Gasteiger partial charge in [-0.05, 0) is 31.0 Å². The summed E-state index contributed by atoms with van der Waals surface area (Å²) in [6.45, 7) is 0. The zero-order valence-electron chi connectivity index (χ0n) is 16.8. The molecule has 4 unspecified atom stereocenters. The highest BCUT2D eigenvalue weighted by Crippen LogP contribution is 2.38. The molecule has 4 atom stereocenters. The molecule has 0 spiro atoms. The van der Waals surface area contributed by atoms with Crippen LogP contribution in [0.4, 0.5) is 5.69 Å². The molecule has 11 heteroatoms. The van der Waals surface area contributed by atoms with Crippen molar-refractivity contribution < 1.29 is 38.8 Å². The van der Waals surface area contributed by atoms with Crippen molar-refractivity contribution in [1.29, 1.82) is 0 Å². The summed E-state index contributed by atoms with van der Waals surface area (Å²) >= 11 is 0. The number of benzene rings is 1. The zero-order chi connectivity index (χ0) is 22.3. The van der Waals surface area contributed by atoms with Crippen molar-refractivity contribution in [2.24, 2.45) is 5.16 Å². The number of ether oxygens (including phenoxy) is 2. The van der Waals surface area contributed by atoms with Crippen LogP contribution in [0.3, 0.4) is 0 Å². The lowest BCUT2D eigenvalue weighted by Crippen LogP contribution is -2.61. The van der Waals surface area contributed by atoms with Crippen molar-refractivity contribution in [2.45, 2.75) is 43.2 Å². The van der Waals surface area contributed by atoms with Gasteiger partial charge in [0.05, 0.1) is 20.3 Å². The summed E-state index contributed by atoms with van der Waals surface area (Å²) in [5.74, 6) is -0.141. The van der Waals surface area contributed by atoms with Crippen LogP contribution in [0.15, 0.2) is 32.6 Å². The van der Waals surface area contributed by atoms with Crippen molar-refractivity contribution in [3.05, 3.63) is 28.6 Å². The lowest BCUT2D eigenvalue weighted by Gasteiger charge is -2.44. The Morgan fingerprint density at radius 2 is 2.06 bits per heavy atom. The first-order valence-corrected chi connectivity index (χ1v) is 9.59. The maximum absolute atomic E-state index is 12.7. The van der Waals surface area contributed by atoms with Crippen LogP contribution in [0, 0.1) is 0 Å². The van der Waals surface area contributed by atoms with E-state index in [4.69, 9.17) is 18.7 Å². The molecule has 0 saturated heterocycles. The summed E-state index contributed by atoms with van der Waals surface area (Å²) in [7, 11) is 2.86. The monoisotopic (exact) mass is 434 g/mol. The standard InChI is InChI=1S/C20H22N2O9/c1-28-13-4-3-9-7-10(19(26)30-15(9)16(13)29-2)21-18(25)11-8-20(27)6-5-12(23)14(24)17(20)31-22-11/h3-4,7,12,14,17,23-24,27H,5-6,8H2,1-2H3,(H,21,25). The highest BCUT2D eigenvalue weighted by Gasteiger charge is 2.53. The molecule has 2 aromatic rings. The van der Waals surface area contributed by atoms with E-state index in [0.29, 0.717) is 11.1 Å². The molecule has 11 nitrogen and oxygen atoms in total. The fourth-order valence-electron chi connectivity index (χ4n) is 3.92. The Morgan fingerprint density at radius 1 is 1.29 bits per heavy atom. The number of hydrogen-bond acceptors (Lipinski definition) is 10. The molecular formula is C20H22N2O9. The van der Waals surface area contributed by atoms with E-state index < -0.39 is 35.4 Å². The van der Waals surface area contributed by atoms with Crippen molar-refractivity contribution in [1.82, 2.24) is 0 Å². The van der Waals surface area contributed by atoms with Crippen molar-refractivity contribution in [2.75, 3.05) is 19.5 Å². The fraction of sp³-hybridized carbons (Fsp3) is 0.450. The van der Waals surface area contributed by atoms with Gasteiger partial charge in [-0.3, -0.25) is 4.79 Å². The summed E-state index contributed by atoms with van der Waals surface area (Å²) in [6, 6.07) is 4.69. The van der Waals surface area contributed by atoms with E-state index in [1.54, 1.807) is 12.1 Å². The van der Waals surface area contributed by atoms with Crippen molar-refractivity contribution >= 4 is 28.3 Å². The molecule has 1 fully saturated rings. The van der Waals surface area contributed by atoms with Gasteiger partial charge in [0.25, 0.3) is 5.91 Å². The Morgan fingerprint density at radius 3 is 2.77 bits per heavy atom. The number of aliphatic hydroxyl groups is 3. The first kappa shape index (κ1) is 21.1. The highest BCUT2D eigenvalue weighted by atomic mass is 16.7. The fourth-order valence-corrected chi connectivity index (χ4v) is 3.92. The second-order valence-corrected chi connectivity index (χ2v) is 7.56. The molecular weight excluding hydrogens is 412 g/mol. The molecule has 1 aromatic heterocycles. The first-order chi connectivity index (χ1) is 14.8. The van der Waals surface area contributed by atoms with E-state index in [2.05, 4.69) is 10.5 Å². The van der Waals surface area contributed by atoms with Gasteiger partial charge < -0.3 is 39.4 Å². The van der Waals surface area contributed by atoms with Crippen LogP contribution in [-0.2, 0) is 9.63 Å². The van der Waals surface area contributed by atoms with Gasteiger partial charge >= 0.3 is 5.63 Å². The van der Waals surface area contributed by atoms with Crippen LogP contribution < -0.4 is 20.4 Å². The van der Waals surface area contributed by atoms with Gasteiger partial charge in [0.1, 0.15) is 23.1 Å². The largest absolute Gasteiger partial charge is 0.493 e. The normalized spacial score (nSPS) is 27.6. The number of hydrogen-bond donors (Lipinski definition) is 4. The third kappa shape index (κ3) is 3.60. The smallest absolute Gasteiger partial charge is 0.360 e. The minimum atomic E-state index is -1.56. The summed E-state index contributed by atoms with van der Waals surface area (Å²) in [5.41, 5.74) is -2.52. The Hall–Kier alpha value is -3.15. The van der Waals surface area contributed by atoms with Crippen molar-refractivity contribution in [3.8, 4) is 11.5 Å². The molecule has 4 rings (SSSR count). The predicted octanol–water partition coefficient (Wildman–Crippen LogP) is 0.140. The Kier molecular flexibility index (Phi) is 5.33. The minimum absolute atomic E-state index is 0.113. The number of oxime groups is 1. The third-order valence-electron chi connectivity index (χ3n) is 5.61. The molecule has 4 N–H and O–H groups in total. The van der Waals surface area contributed by atoms with Crippen LogP contribution in [-0.4, -0.2) is 65.1 Å². The number of anilines is 1. The average molecular weight is 434 g/mol. The molecule has 166 valence electrons. The average Bonchev–Trinajstić information content (AvgIpc) is 2.76. The Bertz CT molecular complexity index is 1110. The molecule has 2 aliphatic rings. The van der Waals surface area contributed by atoms with Gasteiger partial charge in [0.2, 0.25) is 5.75 Å². The molecule has 1 aliphatic heterocycles. The number of nitrogens with one attached hydrogen (secondary N) is 1. The van der Waals surface area contributed by atoms with Gasteiger partial charge in [0, 0.05) is 11.8 Å². The summed E-state index contributed by atoms with van der Waals surface area (Å²) in [4.78, 5) is 30.2. The maximum atomic E-state index is 12.7. The molecule has 1 aliphatic carbocycles. The van der Waals surface area contributed by atoms with E-state index in [1.165, 1.54) is 20.3 Å². The van der Waals surface area contributed by atoms with Crippen LogP contribution in [0.1, 0.15) is 19.3 Å². The molecule has 1 aromatic carbocycles. The SMILES string of the molecule is COc1ccc2cc(NC(=O)C3=NOC4C(O)C(O)CCC4(O)C3)c(=O)oc2c1OC. The van der Waals surface area contributed by atoms with E-state index >= 15 is 0 Å². The number of rotatable bonds is 4. The van der Waals surface area contributed by atoms with Gasteiger partial charge in [-0.25, -0.2) is 4.79 Å². The van der Waals surface area contributed by atoms with Crippen molar-refractivity contribution in [3.63, 3.8) is 0 Å². The first-order valence-electron chi connectivity index (χ1n) is 9.59. The second-order valence-electron chi connectivity index (χ2n) is 7.56. The zero-order valence-corrected chi connectivity index (χ0v) is 16.8. The third-order valence-corrected chi connectivity index (χ3v) is 5.61. The molecule has 0 radical (unpaired) electrons. The topological polar surface area (TPSA) is 160 Å². The van der Waals surface area contributed by atoms with Gasteiger partial charge in [-0.1, -0.05) is 5.16 Å². The molecule has 0 bridgehead atoms. The van der Waals surface area contributed by atoms with E-state index in [1.807, 2.05) is 0 Å².